The molecule has 2 N–H and O–H groups in total. The van der Waals surface area contributed by atoms with Crippen molar-refractivity contribution in [1.29, 1.82) is 0 Å². The van der Waals surface area contributed by atoms with Gasteiger partial charge >= 0.3 is 0 Å². The van der Waals surface area contributed by atoms with E-state index in [2.05, 4.69) is 9.47 Å². The van der Waals surface area contributed by atoms with E-state index in [1.165, 1.54) is 14.2 Å². The second kappa shape index (κ2) is 13.7. The van der Waals surface area contributed by atoms with Crippen LogP contribution in [0.2, 0.25) is 0 Å². The number of alkyl halides is 2. The fraction of sp³-hybridized carbons (Fsp3) is 1.00. The Kier molecular flexibility index (Phi) is 15.6. The van der Waals surface area contributed by atoms with Gasteiger partial charge in [0.1, 0.15) is 12.8 Å². The lowest BCUT2D eigenvalue weighted by atomic mass is 10.2. The highest BCUT2D eigenvalue weighted by Gasteiger charge is 2.03. The molecule has 0 spiro atoms. The van der Waals surface area contributed by atoms with Crippen molar-refractivity contribution in [3.8, 4) is 0 Å². The predicted octanol–water partition coefficient (Wildman–Crippen LogP) is 0.174. The third kappa shape index (κ3) is 11.6. The third-order valence-corrected chi connectivity index (χ3v) is 1.59. The van der Waals surface area contributed by atoms with Crippen LogP contribution in [-0.2, 0) is 9.47 Å². The molecule has 0 aromatic carbocycles. The molecule has 0 rings (SSSR count). The Hall–Kier alpha value is -0.300. The van der Waals surface area contributed by atoms with Crippen molar-refractivity contribution in [3.05, 3.63) is 0 Å². The van der Waals surface area contributed by atoms with Gasteiger partial charge in [0.25, 0.3) is 0 Å². The predicted molar refractivity (Wildman–Crippen MR) is 52.3 cm³/mol. The van der Waals surface area contributed by atoms with Crippen molar-refractivity contribution in [2.24, 2.45) is 5.92 Å². The van der Waals surface area contributed by atoms with Crippen molar-refractivity contribution >= 4 is 0 Å². The largest absolute Gasteiger partial charge is 0.396 e. The Morgan fingerprint density at radius 2 is 1.67 bits per heavy atom. The molecule has 0 aliphatic heterocycles. The lowest BCUT2D eigenvalue weighted by molar-refractivity contribution is 0.0320. The maximum Gasteiger partial charge on any atom is 0.118 e. The van der Waals surface area contributed by atoms with Gasteiger partial charge in [0.15, 0.2) is 0 Å². The standard InChI is InChI=1S/C5H11FO2.C4H9FO2/c1-8-4-5(2-6)3-7;1-7-4(2-5)3-6/h5,7H,2-4H2,1H3;4,6H,2-3H2,1H3. The number of hydrogen-bond donors (Lipinski definition) is 2. The van der Waals surface area contributed by atoms with E-state index in [-0.39, 0.29) is 19.1 Å². The van der Waals surface area contributed by atoms with Gasteiger partial charge in [-0.3, -0.25) is 4.39 Å². The first kappa shape index (κ1) is 17.1. The average molecular weight is 230 g/mol. The molecule has 0 aliphatic carbocycles. The van der Waals surface area contributed by atoms with Crippen LogP contribution in [0.5, 0.6) is 0 Å². The van der Waals surface area contributed by atoms with Gasteiger partial charge < -0.3 is 19.7 Å². The molecule has 0 fully saturated rings. The fourth-order valence-corrected chi connectivity index (χ4v) is 0.568. The summed E-state index contributed by atoms with van der Waals surface area (Å²) in [6.07, 6.45) is -0.625. The summed E-state index contributed by atoms with van der Waals surface area (Å²) in [5.41, 5.74) is 0. The van der Waals surface area contributed by atoms with Gasteiger partial charge in [0, 0.05) is 20.1 Å². The molecule has 2 atom stereocenters. The molecular formula is C9H20F2O4. The highest BCUT2D eigenvalue weighted by atomic mass is 19.1. The Labute approximate surface area is 88.8 Å². The van der Waals surface area contributed by atoms with Gasteiger partial charge in [-0.05, 0) is 0 Å². The molecule has 6 heteroatoms. The van der Waals surface area contributed by atoms with Crippen LogP contribution in [-0.4, -0.2) is 63.7 Å². The first-order valence-corrected chi connectivity index (χ1v) is 4.55. The normalized spacial score (nSPS) is 14.0. The molecule has 0 saturated carbocycles. The van der Waals surface area contributed by atoms with Crippen LogP contribution >= 0.6 is 0 Å². The summed E-state index contributed by atoms with van der Waals surface area (Å²) in [5, 5.41) is 16.5. The third-order valence-electron chi connectivity index (χ3n) is 1.59. The zero-order valence-electron chi connectivity index (χ0n) is 9.16. The lowest BCUT2D eigenvalue weighted by Gasteiger charge is -2.05. The number of methoxy groups -OCH3 is 2. The van der Waals surface area contributed by atoms with Crippen LogP contribution in [0.1, 0.15) is 0 Å². The quantitative estimate of drug-likeness (QED) is 0.654. The van der Waals surface area contributed by atoms with Crippen molar-refractivity contribution in [2.75, 3.05) is 47.4 Å². The van der Waals surface area contributed by atoms with Gasteiger partial charge in [0.2, 0.25) is 0 Å². The maximum atomic E-state index is 11.6. The zero-order chi connectivity index (χ0) is 12.1. The second-order valence-corrected chi connectivity index (χ2v) is 2.85. The molecule has 15 heavy (non-hydrogen) atoms. The summed E-state index contributed by atoms with van der Waals surface area (Å²) < 4.78 is 32.0. The van der Waals surface area contributed by atoms with Crippen molar-refractivity contribution in [2.45, 2.75) is 6.10 Å². The zero-order valence-corrected chi connectivity index (χ0v) is 9.16. The fourth-order valence-electron chi connectivity index (χ4n) is 0.568. The molecule has 4 nitrogen and oxygen atoms in total. The van der Waals surface area contributed by atoms with Crippen LogP contribution in [0.4, 0.5) is 8.78 Å². The van der Waals surface area contributed by atoms with Gasteiger partial charge in [-0.1, -0.05) is 0 Å². The minimum Gasteiger partial charge on any atom is -0.396 e. The van der Waals surface area contributed by atoms with E-state index in [0.717, 1.165) is 0 Å². The van der Waals surface area contributed by atoms with Crippen LogP contribution < -0.4 is 0 Å². The number of aliphatic hydroxyl groups excluding tert-OH is 2. The summed E-state index contributed by atoms with van der Waals surface area (Å²) in [5.74, 6) is -0.333. The van der Waals surface area contributed by atoms with E-state index in [9.17, 15) is 8.78 Å². The van der Waals surface area contributed by atoms with Crippen molar-refractivity contribution in [3.63, 3.8) is 0 Å². The highest BCUT2D eigenvalue weighted by molar-refractivity contribution is 4.51. The van der Waals surface area contributed by atoms with Crippen LogP contribution in [0.25, 0.3) is 0 Å². The highest BCUT2D eigenvalue weighted by Crippen LogP contribution is 1.94. The minimum atomic E-state index is -0.625. The number of ether oxygens (including phenoxy) is 2. The van der Waals surface area contributed by atoms with E-state index in [0.29, 0.717) is 6.61 Å². The monoisotopic (exact) mass is 230 g/mol. The number of halogens is 2. The number of hydrogen-bond acceptors (Lipinski definition) is 4. The van der Waals surface area contributed by atoms with E-state index in [4.69, 9.17) is 10.2 Å². The Morgan fingerprint density at radius 1 is 1.07 bits per heavy atom. The minimum absolute atomic E-state index is 0.135. The Morgan fingerprint density at radius 3 is 1.73 bits per heavy atom. The van der Waals surface area contributed by atoms with Gasteiger partial charge in [-0.25, -0.2) is 4.39 Å². The van der Waals surface area contributed by atoms with Crippen molar-refractivity contribution < 1.29 is 28.5 Å². The smallest absolute Gasteiger partial charge is 0.118 e. The molecule has 0 bridgehead atoms. The molecule has 0 aromatic rings. The van der Waals surface area contributed by atoms with E-state index >= 15 is 0 Å². The lowest BCUT2D eigenvalue weighted by Crippen LogP contribution is -2.17. The first-order chi connectivity index (χ1) is 7.19. The van der Waals surface area contributed by atoms with Gasteiger partial charge in [-0.15, -0.1) is 0 Å². The van der Waals surface area contributed by atoms with E-state index in [1.807, 2.05) is 0 Å². The molecular weight excluding hydrogens is 210 g/mol. The molecule has 2 unspecified atom stereocenters. The molecule has 0 radical (unpaired) electrons. The SMILES string of the molecule is COC(CO)CF.COCC(CO)CF. The van der Waals surface area contributed by atoms with Gasteiger partial charge in [-0.2, -0.15) is 0 Å². The van der Waals surface area contributed by atoms with Crippen molar-refractivity contribution in [1.82, 2.24) is 0 Å². The topological polar surface area (TPSA) is 58.9 Å². The number of rotatable bonds is 7. The number of aliphatic hydroxyl groups is 2. The summed E-state index contributed by atoms with van der Waals surface area (Å²) in [7, 11) is 2.85. The Balaban J connectivity index is 0. The van der Waals surface area contributed by atoms with Gasteiger partial charge in [0.05, 0.1) is 26.5 Å². The summed E-state index contributed by atoms with van der Waals surface area (Å²) in [6, 6.07) is 0. The van der Waals surface area contributed by atoms with Crippen LogP contribution in [0.3, 0.4) is 0 Å². The summed E-state index contributed by atoms with van der Waals surface area (Å²) in [6.45, 7) is -1.21. The maximum absolute atomic E-state index is 11.6. The summed E-state index contributed by atoms with van der Waals surface area (Å²) >= 11 is 0. The van der Waals surface area contributed by atoms with E-state index in [1.54, 1.807) is 0 Å². The molecule has 0 amide bonds. The first-order valence-electron chi connectivity index (χ1n) is 4.55. The Bertz CT molecular complexity index is 103. The molecule has 0 saturated heterocycles. The molecule has 94 valence electrons. The van der Waals surface area contributed by atoms with Crippen LogP contribution in [0.15, 0.2) is 0 Å². The summed E-state index contributed by atoms with van der Waals surface area (Å²) in [4.78, 5) is 0. The average Bonchev–Trinajstić information content (AvgIpc) is 2.29. The van der Waals surface area contributed by atoms with E-state index < -0.39 is 19.5 Å². The molecule has 0 aromatic heterocycles. The molecule has 0 aliphatic rings. The van der Waals surface area contributed by atoms with Crippen LogP contribution in [0, 0.1) is 5.92 Å². The second-order valence-electron chi connectivity index (χ2n) is 2.85. The molecule has 0 heterocycles.